The van der Waals surface area contributed by atoms with E-state index in [0.717, 1.165) is 44.3 Å². The molecule has 36 heavy (non-hydrogen) atoms. The second kappa shape index (κ2) is 8.60. The maximum Gasteiger partial charge on any atom is 0.158 e. The minimum atomic E-state index is -2.95. The van der Waals surface area contributed by atoms with Gasteiger partial charge < -0.3 is 10.6 Å². The van der Waals surface area contributed by atoms with Gasteiger partial charge in [0, 0.05) is 23.2 Å². The Morgan fingerprint density at radius 1 is 1.19 bits per heavy atom. The molecule has 3 heterocycles. The fourth-order valence-electron chi connectivity index (χ4n) is 6.47. The van der Waals surface area contributed by atoms with E-state index in [1.807, 2.05) is 6.07 Å². The zero-order valence-corrected chi connectivity index (χ0v) is 22.2. The quantitative estimate of drug-likeness (QED) is 0.422. The highest BCUT2D eigenvalue weighted by Crippen LogP contribution is 2.53. The minimum Gasteiger partial charge on any atom is -0.381 e. The molecule has 2 saturated heterocycles. The van der Waals surface area contributed by atoms with Crippen molar-refractivity contribution in [2.45, 2.75) is 65.4 Å². The highest BCUT2D eigenvalue weighted by atomic mass is 35.5. The van der Waals surface area contributed by atoms with E-state index in [1.165, 1.54) is 29.1 Å². The maximum atomic E-state index is 13.8. The number of nitrogens with one attached hydrogen (secondary N) is 1. The van der Waals surface area contributed by atoms with Crippen molar-refractivity contribution in [1.82, 2.24) is 9.97 Å². The van der Waals surface area contributed by atoms with Crippen molar-refractivity contribution in [3.05, 3.63) is 64.6 Å². The van der Waals surface area contributed by atoms with Crippen LogP contribution < -0.4 is 10.6 Å². The summed E-state index contributed by atoms with van der Waals surface area (Å²) in [5, 5.41) is 0.812. The van der Waals surface area contributed by atoms with Crippen LogP contribution in [0.1, 0.15) is 36.8 Å². The third kappa shape index (κ3) is 4.15. The lowest BCUT2D eigenvalue weighted by Gasteiger charge is -2.45. The summed E-state index contributed by atoms with van der Waals surface area (Å²) in [6, 6.07) is 11.1. The van der Waals surface area contributed by atoms with E-state index in [-0.39, 0.29) is 16.3 Å². The van der Waals surface area contributed by atoms with Crippen molar-refractivity contribution >= 4 is 44.7 Å². The number of fused-ring (bicyclic) bond motifs is 3. The molecule has 2 aliphatic heterocycles. The van der Waals surface area contributed by atoms with Crippen LogP contribution in [0, 0.1) is 16.0 Å². The second-order valence-corrected chi connectivity index (χ2v) is 13.9. The lowest BCUT2D eigenvalue weighted by Crippen LogP contribution is -2.48. The Labute approximate surface area is 219 Å². The van der Waals surface area contributed by atoms with Gasteiger partial charge in [0.15, 0.2) is 5.82 Å². The molecule has 0 amide bonds. The highest BCUT2D eigenvalue weighted by Gasteiger charge is 2.51. The van der Waals surface area contributed by atoms with Crippen LogP contribution in [-0.4, -0.2) is 32.5 Å². The van der Waals surface area contributed by atoms with Gasteiger partial charge in [0.25, 0.3) is 0 Å². The molecular weight excluding hydrogens is 517 g/mol. The Morgan fingerprint density at radius 2 is 1.92 bits per heavy atom. The smallest absolute Gasteiger partial charge is 0.158 e. The van der Waals surface area contributed by atoms with Crippen molar-refractivity contribution in [2.75, 3.05) is 16.9 Å². The molecular formula is C26H27ClFN5OS2. The number of anilines is 2. The van der Waals surface area contributed by atoms with E-state index < -0.39 is 9.73 Å². The molecule has 6 rings (SSSR count). The Morgan fingerprint density at radius 3 is 2.61 bits per heavy atom. The van der Waals surface area contributed by atoms with Crippen LogP contribution in [0.4, 0.5) is 16.0 Å². The molecule has 0 radical (unpaired) electrons. The molecule has 3 N–H and O–H groups in total. The van der Waals surface area contributed by atoms with Crippen molar-refractivity contribution in [3.8, 4) is 0 Å². The third-order valence-electron chi connectivity index (χ3n) is 7.83. The van der Waals surface area contributed by atoms with Crippen LogP contribution in [0.25, 0.3) is 0 Å². The third-order valence-corrected chi connectivity index (χ3v) is 10.7. The Kier molecular flexibility index (Phi) is 5.73. The van der Waals surface area contributed by atoms with E-state index >= 15 is 0 Å². The first-order valence-corrected chi connectivity index (χ1v) is 15.2. The molecule has 2 bridgehead atoms. The van der Waals surface area contributed by atoms with Gasteiger partial charge in [0.05, 0.1) is 25.8 Å². The van der Waals surface area contributed by atoms with Crippen LogP contribution in [0.2, 0.25) is 5.02 Å². The lowest BCUT2D eigenvalue weighted by atomic mass is 9.72. The number of nitrogens with two attached hydrogens (primary N) is 1. The normalized spacial score (nSPS) is 26.2. The summed E-state index contributed by atoms with van der Waals surface area (Å²) in [6.07, 6.45) is 9.45. The van der Waals surface area contributed by atoms with E-state index in [0.29, 0.717) is 32.7 Å². The van der Waals surface area contributed by atoms with Gasteiger partial charge >= 0.3 is 0 Å². The summed E-state index contributed by atoms with van der Waals surface area (Å²) in [5.41, 5.74) is 9.01. The molecule has 3 aliphatic rings. The number of hydrogen-bond acceptors (Lipinski definition) is 7. The van der Waals surface area contributed by atoms with Gasteiger partial charge in [-0.05, 0) is 79.3 Å². The first-order valence-electron chi connectivity index (χ1n) is 12.0. The molecule has 188 valence electrons. The number of nitrogen functional groups attached to an aromatic ring is 1. The Bertz CT molecular complexity index is 1470. The predicted octanol–water partition coefficient (Wildman–Crippen LogP) is 5.95. The van der Waals surface area contributed by atoms with E-state index in [4.69, 9.17) is 27.1 Å². The standard InChI is InChI=1S/C26H27ClFN5OS2/c1-36(30,34)21-4-2-3-20(23(21)27)35-25-24(29)32-22(14-31-25)33-18-7-8-19(33)13-26(12-18)10-15-5-6-17(28)9-16(15)11-26/h2-6,9,14,18-19,30H,7-8,10-13H2,1H3,(H2,29,32)/t18-,19+,26+,36?. The Balaban J connectivity index is 1.22. The summed E-state index contributed by atoms with van der Waals surface area (Å²) in [4.78, 5) is 12.7. The van der Waals surface area contributed by atoms with Gasteiger partial charge in [-0.2, -0.15) is 0 Å². The lowest BCUT2D eigenvalue weighted by molar-refractivity contribution is 0.193. The molecule has 10 heteroatoms. The molecule has 2 aromatic carbocycles. The van der Waals surface area contributed by atoms with Crippen molar-refractivity contribution in [2.24, 2.45) is 5.41 Å². The maximum absolute atomic E-state index is 13.8. The summed E-state index contributed by atoms with van der Waals surface area (Å²) in [5.74, 6) is 0.972. The molecule has 1 unspecified atom stereocenters. The summed E-state index contributed by atoms with van der Waals surface area (Å²) in [7, 11) is -2.95. The predicted molar refractivity (Wildman–Crippen MR) is 142 cm³/mol. The van der Waals surface area contributed by atoms with E-state index in [1.54, 1.807) is 36.5 Å². The van der Waals surface area contributed by atoms with Gasteiger partial charge in [-0.1, -0.05) is 35.5 Å². The van der Waals surface area contributed by atoms with E-state index in [2.05, 4.69) is 9.88 Å². The fraction of sp³-hybridized carbons (Fsp3) is 0.385. The van der Waals surface area contributed by atoms with Crippen LogP contribution in [0.5, 0.6) is 0 Å². The molecule has 1 aromatic heterocycles. The number of hydrogen-bond donors (Lipinski definition) is 2. The fourth-order valence-corrected chi connectivity index (χ4v) is 8.82. The number of benzene rings is 2. The summed E-state index contributed by atoms with van der Waals surface area (Å²) >= 11 is 7.72. The summed E-state index contributed by atoms with van der Waals surface area (Å²) < 4.78 is 33.9. The van der Waals surface area contributed by atoms with Crippen LogP contribution in [-0.2, 0) is 22.6 Å². The van der Waals surface area contributed by atoms with Crippen LogP contribution in [0.15, 0.2) is 57.4 Å². The summed E-state index contributed by atoms with van der Waals surface area (Å²) in [6.45, 7) is 0. The van der Waals surface area contributed by atoms with Gasteiger partial charge in [-0.15, -0.1) is 0 Å². The number of rotatable bonds is 4. The highest BCUT2D eigenvalue weighted by molar-refractivity contribution is 7.99. The van der Waals surface area contributed by atoms with Gasteiger partial charge in [0.1, 0.15) is 16.7 Å². The van der Waals surface area contributed by atoms with Gasteiger partial charge in [0.2, 0.25) is 0 Å². The molecule has 0 saturated carbocycles. The first-order chi connectivity index (χ1) is 17.1. The number of halogens is 2. The molecule has 1 aliphatic carbocycles. The number of aromatic nitrogens is 2. The van der Waals surface area contributed by atoms with Gasteiger partial charge in [-0.3, -0.25) is 0 Å². The topological polar surface area (TPSA) is 96.0 Å². The zero-order chi connectivity index (χ0) is 25.2. The van der Waals surface area contributed by atoms with E-state index in [9.17, 15) is 8.60 Å². The van der Waals surface area contributed by atoms with Crippen LogP contribution >= 0.6 is 23.4 Å². The minimum absolute atomic E-state index is 0.147. The number of piperidine rings is 1. The van der Waals surface area contributed by atoms with Crippen LogP contribution in [0.3, 0.4) is 0 Å². The average Bonchev–Trinajstić information content (AvgIpc) is 3.29. The first kappa shape index (κ1) is 24.0. The Hall–Kier alpha value is -2.36. The molecule has 2 fully saturated rings. The average molecular weight is 544 g/mol. The molecule has 3 aromatic rings. The zero-order valence-electron chi connectivity index (χ0n) is 19.8. The molecule has 4 atom stereocenters. The van der Waals surface area contributed by atoms with Gasteiger partial charge in [-0.25, -0.2) is 23.3 Å². The number of nitrogens with zero attached hydrogens (tertiary/aromatic N) is 3. The second-order valence-electron chi connectivity index (χ2n) is 10.4. The van der Waals surface area contributed by atoms with Crippen molar-refractivity contribution in [1.29, 1.82) is 4.78 Å². The largest absolute Gasteiger partial charge is 0.381 e. The van der Waals surface area contributed by atoms with Crippen molar-refractivity contribution < 1.29 is 8.60 Å². The molecule has 1 spiro atoms. The SMILES string of the molecule is CS(=N)(=O)c1cccc(Sc2ncc(N3[C@@H]4CC[C@H]3C[C@]3(Cc5ccc(F)cc5C3)C4)nc2N)c1Cl. The van der Waals surface area contributed by atoms with Crippen molar-refractivity contribution in [3.63, 3.8) is 0 Å². The molecule has 6 nitrogen and oxygen atoms in total. The monoisotopic (exact) mass is 543 g/mol.